The van der Waals surface area contributed by atoms with E-state index in [1.54, 1.807) is 24.3 Å². The summed E-state index contributed by atoms with van der Waals surface area (Å²) < 4.78 is 27.5. The highest BCUT2D eigenvalue weighted by Crippen LogP contribution is 2.28. The van der Waals surface area contributed by atoms with Crippen LogP contribution in [0.5, 0.6) is 0 Å². The minimum absolute atomic E-state index is 0.303. The molecule has 110 valence electrons. The van der Waals surface area contributed by atoms with Crippen molar-refractivity contribution in [2.45, 2.75) is 31.2 Å². The lowest BCUT2D eigenvalue weighted by molar-refractivity contribution is 0.601. The van der Waals surface area contributed by atoms with E-state index in [0.29, 0.717) is 16.6 Å². The molecule has 1 aliphatic rings. The van der Waals surface area contributed by atoms with Crippen LogP contribution in [0.4, 0.5) is 11.4 Å². The SMILES string of the molecule is Cc1ccc(NS(=O)(=O)c2ccc3c(c2)C[C@H](C)N3)cc1. The Hall–Kier alpha value is -2.01. The molecular weight excluding hydrogens is 284 g/mol. The molecule has 1 atom stereocenters. The molecule has 0 spiro atoms. The number of rotatable bonds is 3. The van der Waals surface area contributed by atoms with Crippen LogP contribution in [-0.2, 0) is 16.4 Å². The molecule has 2 N–H and O–H groups in total. The molecule has 2 aromatic carbocycles. The number of sulfonamides is 1. The lowest BCUT2D eigenvalue weighted by atomic mass is 10.1. The van der Waals surface area contributed by atoms with Gasteiger partial charge in [-0.1, -0.05) is 17.7 Å². The van der Waals surface area contributed by atoms with E-state index < -0.39 is 10.0 Å². The molecule has 0 unspecified atom stereocenters. The summed E-state index contributed by atoms with van der Waals surface area (Å²) in [7, 11) is -3.54. The van der Waals surface area contributed by atoms with Crippen LogP contribution in [0.2, 0.25) is 0 Å². The van der Waals surface area contributed by atoms with Gasteiger partial charge in [0.1, 0.15) is 0 Å². The molecular formula is C16H18N2O2S. The van der Waals surface area contributed by atoms with Gasteiger partial charge in [-0.05, 0) is 56.2 Å². The van der Waals surface area contributed by atoms with Gasteiger partial charge in [0.05, 0.1) is 4.90 Å². The maximum Gasteiger partial charge on any atom is 0.261 e. The van der Waals surface area contributed by atoms with Crippen LogP contribution >= 0.6 is 0 Å². The number of hydrogen-bond acceptors (Lipinski definition) is 3. The summed E-state index contributed by atoms with van der Waals surface area (Å²) in [5, 5.41) is 3.32. The Kier molecular flexibility index (Phi) is 3.37. The molecule has 0 aliphatic carbocycles. The fourth-order valence-corrected chi connectivity index (χ4v) is 3.64. The first kappa shape index (κ1) is 13.9. The zero-order valence-electron chi connectivity index (χ0n) is 12.1. The Morgan fingerprint density at radius 1 is 1.14 bits per heavy atom. The molecule has 0 bridgehead atoms. The number of hydrogen-bond donors (Lipinski definition) is 2. The van der Waals surface area contributed by atoms with Gasteiger partial charge in [-0.15, -0.1) is 0 Å². The summed E-state index contributed by atoms with van der Waals surface area (Å²) in [5.74, 6) is 0. The molecule has 1 heterocycles. The van der Waals surface area contributed by atoms with Gasteiger partial charge in [0, 0.05) is 17.4 Å². The fraction of sp³-hybridized carbons (Fsp3) is 0.250. The second kappa shape index (κ2) is 5.07. The van der Waals surface area contributed by atoms with Gasteiger partial charge < -0.3 is 5.32 Å². The van der Waals surface area contributed by atoms with Crippen LogP contribution in [0.1, 0.15) is 18.1 Å². The first-order valence-electron chi connectivity index (χ1n) is 6.93. The number of fused-ring (bicyclic) bond motifs is 1. The average molecular weight is 302 g/mol. The van der Waals surface area contributed by atoms with E-state index in [-0.39, 0.29) is 0 Å². The Labute approximate surface area is 125 Å². The molecule has 0 radical (unpaired) electrons. The van der Waals surface area contributed by atoms with Gasteiger partial charge in [-0.25, -0.2) is 8.42 Å². The van der Waals surface area contributed by atoms with Crippen LogP contribution in [0.15, 0.2) is 47.4 Å². The van der Waals surface area contributed by atoms with Gasteiger partial charge in [0.15, 0.2) is 0 Å². The molecule has 0 fully saturated rings. The Balaban J connectivity index is 1.89. The largest absolute Gasteiger partial charge is 0.382 e. The second-order valence-corrected chi connectivity index (χ2v) is 7.22. The summed E-state index contributed by atoms with van der Waals surface area (Å²) in [4.78, 5) is 0.303. The Morgan fingerprint density at radius 2 is 1.86 bits per heavy atom. The molecule has 2 aromatic rings. The van der Waals surface area contributed by atoms with Gasteiger partial charge in [0.2, 0.25) is 0 Å². The fourth-order valence-electron chi connectivity index (χ4n) is 2.53. The summed E-state index contributed by atoms with van der Waals surface area (Å²) in [5.41, 5.74) is 3.74. The molecule has 21 heavy (non-hydrogen) atoms. The summed E-state index contributed by atoms with van der Waals surface area (Å²) in [6.45, 7) is 4.05. The zero-order chi connectivity index (χ0) is 15.0. The third-order valence-electron chi connectivity index (χ3n) is 3.62. The molecule has 0 amide bonds. The van der Waals surface area contributed by atoms with Crippen molar-refractivity contribution in [3.8, 4) is 0 Å². The van der Waals surface area contributed by atoms with Gasteiger partial charge >= 0.3 is 0 Å². The minimum atomic E-state index is -3.54. The van der Waals surface area contributed by atoms with Crippen molar-refractivity contribution in [2.75, 3.05) is 10.0 Å². The van der Waals surface area contributed by atoms with Crippen LogP contribution in [0, 0.1) is 6.92 Å². The number of nitrogens with one attached hydrogen (secondary N) is 2. The average Bonchev–Trinajstić information content (AvgIpc) is 2.80. The van der Waals surface area contributed by atoms with Crippen molar-refractivity contribution in [1.29, 1.82) is 0 Å². The van der Waals surface area contributed by atoms with Gasteiger partial charge in [0.25, 0.3) is 10.0 Å². The summed E-state index contributed by atoms with van der Waals surface area (Å²) in [6, 6.07) is 12.9. The molecule has 0 saturated heterocycles. The van der Waals surface area contributed by atoms with Crippen LogP contribution < -0.4 is 10.0 Å². The van der Waals surface area contributed by atoms with Gasteiger partial charge in [-0.2, -0.15) is 0 Å². The van der Waals surface area contributed by atoms with Crippen molar-refractivity contribution >= 4 is 21.4 Å². The third kappa shape index (κ3) is 2.88. The van der Waals surface area contributed by atoms with E-state index in [0.717, 1.165) is 23.2 Å². The molecule has 3 rings (SSSR count). The lowest BCUT2D eigenvalue weighted by Gasteiger charge is -2.09. The van der Waals surface area contributed by atoms with Crippen molar-refractivity contribution in [2.24, 2.45) is 0 Å². The summed E-state index contributed by atoms with van der Waals surface area (Å²) in [6.07, 6.45) is 0.850. The van der Waals surface area contributed by atoms with Crippen molar-refractivity contribution in [3.05, 3.63) is 53.6 Å². The first-order chi connectivity index (χ1) is 9.94. The standard InChI is InChI=1S/C16H18N2O2S/c1-11-3-5-14(6-4-11)18-21(19,20)15-7-8-16-13(10-15)9-12(2)17-16/h3-8,10,12,17-18H,9H2,1-2H3/t12-/m0/s1. The van der Waals surface area contributed by atoms with Crippen molar-refractivity contribution in [1.82, 2.24) is 0 Å². The topological polar surface area (TPSA) is 58.2 Å². The Bertz CT molecular complexity index is 767. The highest BCUT2D eigenvalue weighted by Gasteiger charge is 2.21. The lowest BCUT2D eigenvalue weighted by Crippen LogP contribution is -2.13. The maximum atomic E-state index is 12.4. The van der Waals surface area contributed by atoms with E-state index in [1.165, 1.54) is 0 Å². The number of anilines is 2. The third-order valence-corrected chi connectivity index (χ3v) is 5.00. The molecule has 1 aliphatic heterocycles. The van der Waals surface area contributed by atoms with Crippen LogP contribution in [-0.4, -0.2) is 14.5 Å². The van der Waals surface area contributed by atoms with Crippen molar-refractivity contribution in [3.63, 3.8) is 0 Å². The van der Waals surface area contributed by atoms with E-state index in [9.17, 15) is 8.42 Å². The molecule has 0 saturated carbocycles. The number of benzene rings is 2. The monoisotopic (exact) mass is 302 g/mol. The summed E-state index contributed by atoms with van der Waals surface area (Å²) >= 11 is 0. The highest BCUT2D eigenvalue weighted by molar-refractivity contribution is 7.92. The predicted octanol–water partition coefficient (Wildman–Crippen LogP) is 3.15. The van der Waals surface area contributed by atoms with E-state index >= 15 is 0 Å². The molecule has 0 aromatic heterocycles. The van der Waals surface area contributed by atoms with E-state index in [4.69, 9.17) is 0 Å². The smallest absolute Gasteiger partial charge is 0.261 e. The van der Waals surface area contributed by atoms with Gasteiger partial charge in [-0.3, -0.25) is 4.72 Å². The zero-order valence-corrected chi connectivity index (χ0v) is 12.9. The second-order valence-electron chi connectivity index (χ2n) is 5.54. The minimum Gasteiger partial charge on any atom is -0.382 e. The highest BCUT2D eigenvalue weighted by atomic mass is 32.2. The first-order valence-corrected chi connectivity index (χ1v) is 8.41. The van der Waals surface area contributed by atoms with Crippen LogP contribution in [0.3, 0.4) is 0 Å². The van der Waals surface area contributed by atoms with E-state index in [1.807, 2.05) is 25.1 Å². The molecule has 5 heteroatoms. The van der Waals surface area contributed by atoms with Crippen molar-refractivity contribution < 1.29 is 8.42 Å². The Morgan fingerprint density at radius 3 is 2.57 bits per heavy atom. The van der Waals surface area contributed by atoms with E-state index in [2.05, 4.69) is 17.0 Å². The maximum absolute atomic E-state index is 12.4. The van der Waals surface area contributed by atoms with Crippen LogP contribution in [0.25, 0.3) is 0 Å². The normalized spacial score (nSPS) is 17.1. The number of aryl methyl sites for hydroxylation is 1. The predicted molar refractivity (Wildman–Crippen MR) is 85.2 cm³/mol. The quantitative estimate of drug-likeness (QED) is 0.915. The molecule has 4 nitrogen and oxygen atoms in total.